The van der Waals surface area contributed by atoms with Crippen molar-refractivity contribution in [2.75, 3.05) is 23.4 Å². The van der Waals surface area contributed by atoms with Crippen LogP contribution in [0.1, 0.15) is 35.9 Å². The van der Waals surface area contributed by atoms with Crippen molar-refractivity contribution in [2.45, 2.75) is 26.7 Å². The summed E-state index contributed by atoms with van der Waals surface area (Å²) in [5.74, 6) is 0.859. The maximum Gasteiger partial charge on any atom is 0.291 e. The zero-order valence-electron chi connectivity index (χ0n) is 16.0. The fourth-order valence-corrected chi connectivity index (χ4v) is 3.51. The number of hydrogen-bond donors (Lipinski definition) is 1. The Hall–Kier alpha value is -3.28. The van der Waals surface area contributed by atoms with Crippen molar-refractivity contribution in [3.8, 4) is 5.75 Å². The number of anilines is 2. The highest BCUT2D eigenvalue weighted by Gasteiger charge is 2.22. The van der Waals surface area contributed by atoms with E-state index in [1.807, 2.05) is 44.2 Å². The maximum atomic E-state index is 12.7. The smallest absolute Gasteiger partial charge is 0.291 e. The average molecular weight is 378 g/mol. The zero-order valence-corrected chi connectivity index (χ0v) is 16.0. The number of aryl methyl sites for hydroxylation is 1. The molecule has 1 fully saturated rings. The van der Waals surface area contributed by atoms with E-state index in [2.05, 4.69) is 5.32 Å². The molecule has 1 aliphatic rings. The second-order valence-electron chi connectivity index (χ2n) is 6.80. The van der Waals surface area contributed by atoms with Gasteiger partial charge < -0.3 is 19.4 Å². The summed E-state index contributed by atoms with van der Waals surface area (Å²) in [7, 11) is 0. The third-order valence-corrected chi connectivity index (χ3v) is 4.94. The Morgan fingerprint density at radius 3 is 2.68 bits per heavy atom. The number of carbonyl (C=O) groups excluding carboxylic acids is 2. The number of nitrogens with zero attached hydrogens (tertiary/aromatic N) is 1. The molecule has 2 heterocycles. The maximum absolute atomic E-state index is 12.7. The Balaban J connectivity index is 1.53. The molecule has 1 aliphatic heterocycles. The lowest BCUT2D eigenvalue weighted by molar-refractivity contribution is -0.117. The van der Waals surface area contributed by atoms with Crippen LogP contribution < -0.4 is 15.0 Å². The molecule has 0 spiro atoms. The highest BCUT2D eigenvalue weighted by molar-refractivity contribution is 6.06. The zero-order chi connectivity index (χ0) is 19.7. The Kier molecular flexibility index (Phi) is 4.77. The standard InChI is InChI=1S/C22H22N2O4/c1-3-27-17-10-11-19-18(13-17)14(2)21(28-19)22(26)23-15-6-8-16(9-7-15)24-12-4-5-20(24)25/h6-11,13H,3-5,12H2,1-2H3,(H,23,26). The van der Waals surface area contributed by atoms with Crippen LogP contribution in [-0.2, 0) is 4.79 Å². The van der Waals surface area contributed by atoms with Gasteiger partial charge in [-0.15, -0.1) is 0 Å². The number of benzene rings is 2. The Bertz CT molecular complexity index is 1040. The van der Waals surface area contributed by atoms with Crippen LogP contribution in [0.15, 0.2) is 46.9 Å². The lowest BCUT2D eigenvalue weighted by Crippen LogP contribution is -2.23. The topological polar surface area (TPSA) is 71.8 Å². The van der Waals surface area contributed by atoms with Gasteiger partial charge in [-0.25, -0.2) is 0 Å². The van der Waals surface area contributed by atoms with Gasteiger partial charge in [0.05, 0.1) is 6.61 Å². The number of nitrogens with one attached hydrogen (secondary N) is 1. The Labute approximate surface area is 163 Å². The van der Waals surface area contributed by atoms with E-state index in [4.69, 9.17) is 9.15 Å². The monoisotopic (exact) mass is 378 g/mol. The van der Waals surface area contributed by atoms with Crippen molar-refractivity contribution in [3.05, 3.63) is 53.8 Å². The van der Waals surface area contributed by atoms with Crippen LogP contribution >= 0.6 is 0 Å². The van der Waals surface area contributed by atoms with E-state index < -0.39 is 0 Å². The third kappa shape index (κ3) is 3.33. The first kappa shape index (κ1) is 18.1. The minimum atomic E-state index is -0.309. The number of rotatable bonds is 5. The summed E-state index contributed by atoms with van der Waals surface area (Å²) in [6, 6.07) is 12.8. The highest BCUT2D eigenvalue weighted by Crippen LogP contribution is 2.30. The molecule has 0 radical (unpaired) electrons. The number of carbonyl (C=O) groups is 2. The van der Waals surface area contributed by atoms with E-state index >= 15 is 0 Å². The molecule has 6 nitrogen and oxygen atoms in total. The molecule has 2 aromatic carbocycles. The molecule has 0 atom stereocenters. The molecule has 1 aromatic heterocycles. The third-order valence-electron chi connectivity index (χ3n) is 4.94. The van der Waals surface area contributed by atoms with Crippen molar-refractivity contribution in [1.29, 1.82) is 0 Å². The van der Waals surface area contributed by atoms with Gasteiger partial charge >= 0.3 is 0 Å². The molecule has 0 bridgehead atoms. The fourth-order valence-electron chi connectivity index (χ4n) is 3.51. The molecule has 144 valence electrons. The van der Waals surface area contributed by atoms with Crippen molar-refractivity contribution >= 4 is 34.2 Å². The number of ether oxygens (including phenoxy) is 1. The van der Waals surface area contributed by atoms with E-state index in [0.29, 0.717) is 24.3 Å². The van der Waals surface area contributed by atoms with Crippen molar-refractivity contribution in [3.63, 3.8) is 0 Å². The van der Waals surface area contributed by atoms with Crippen LogP contribution in [0.25, 0.3) is 11.0 Å². The summed E-state index contributed by atoms with van der Waals surface area (Å²) in [6.45, 7) is 5.11. The molecule has 1 saturated heterocycles. The molecule has 28 heavy (non-hydrogen) atoms. The van der Waals surface area contributed by atoms with Gasteiger partial charge in [-0.05, 0) is 62.7 Å². The lowest BCUT2D eigenvalue weighted by Gasteiger charge is -2.16. The molecule has 0 aliphatic carbocycles. The van der Waals surface area contributed by atoms with Gasteiger partial charge in [-0.1, -0.05) is 0 Å². The summed E-state index contributed by atoms with van der Waals surface area (Å²) in [5, 5.41) is 3.72. The second kappa shape index (κ2) is 7.38. The minimum absolute atomic E-state index is 0.140. The van der Waals surface area contributed by atoms with Gasteiger partial charge in [0, 0.05) is 35.3 Å². The van der Waals surface area contributed by atoms with Crippen LogP contribution in [0.2, 0.25) is 0 Å². The van der Waals surface area contributed by atoms with Crippen molar-refractivity contribution < 1.29 is 18.7 Å². The van der Waals surface area contributed by atoms with Crippen LogP contribution in [0.5, 0.6) is 5.75 Å². The highest BCUT2D eigenvalue weighted by atomic mass is 16.5. The largest absolute Gasteiger partial charge is 0.494 e. The average Bonchev–Trinajstić information content (AvgIpc) is 3.26. The summed E-state index contributed by atoms with van der Waals surface area (Å²) in [6.07, 6.45) is 1.47. The Morgan fingerprint density at radius 1 is 1.21 bits per heavy atom. The summed E-state index contributed by atoms with van der Waals surface area (Å²) >= 11 is 0. The lowest BCUT2D eigenvalue weighted by atomic mass is 10.1. The van der Waals surface area contributed by atoms with Gasteiger partial charge in [-0.2, -0.15) is 0 Å². The van der Waals surface area contributed by atoms with Crippen molar-refractivity contribution in [2.24, 2.45) is 0 Å². The molecule has 0 saturated carbocycles. The quantitative estimate of drug-likeness (QED) is 0.709. The first-order chi connectivity index (χ1) is 13.6. The van der Waals surface area contributed by atoms with E-state index in [1.165, 1.54) is 0 Å². The normalized spacial score (nSPS) is 13.9. The summed E-state index contributed by atoms with van der Waals surface area (Å²) in [5.41, 5.74) is 2.92. The van der Waals surface area contributed by atoms with Crippen LogP contribution in [0, 0.1) is 6.92 Å². The molecule has 2 amide bonds. The minimum Gasteiger partial charge on any atom is -0.494 e. The van der Waals surface area contributed by atoms with E-state index in [1.54, 1.807) is 17.0 Å². The molecule has 4 rings (SSSR count). The van der Waals surface area contributed by atoms with Gasteiger partial charge in [0.2, 0.25) is 5.91 Å². The number of amides is 2. The van der Waals surface area contributed by atoms with Gasteiger partial charge in [0.25, 0.3) is 5.91 Å². The number of furan rings is 1. The Morgan fingerprint density at radius 2 is 2.00 bits per heavy atom. The van der Waals surface area contributed by atoms with E-state index in [9.17, 15) is 9.59 Å². The molecular formula is C22H22N2O4. The van der Waals surface area contributed by atoms with E-state index in [-0.39, 0.29) is 17.6 Å². The van der Waals surface area contributed by atoms with Gasteiger partial charge in [-0.3, -0.25) is 9.59 Å². The van der Waals surface area contributed by atoms with Crippen LogP contribution in [0.4, 0.5) is 11.4 Å². The van der Waals surface area contributed by atoms with Crippen LogP contribution in [0.3, 0.4) is 0 Å². The number of fused-ring (bicyclic) bond motifs is 1. The first-order valence-electron chi connectivity index (χ1n) is 9.44. The predicted octanol–water partition coefficient (Wildman–Crippen LogP) is 4.52. The molecule has 0 unspecified atom stereocenters. The predicted molar refractivity (Wildman–Crippen MR) is 108 cm³/mol. The van der Waals surface area contributed by atoms with Gasteiger partial charge in [0.1, 0.15) is 11.3 Å². The molecular weight excluding hydrogens is 356 g/mol. The molecule has 6 heteroatoms. The van der Waals surface area contributed by atoms with Crippen molar-refractivity contribution in [1.82, 2.24) is 0 Å². The fraction of sp³-hybridized carbons (Fsp3) is 0.273. The first-order valence-corrected chi connectivity index (χ1v) is 9.44. The number of hydrogen-bond acceptors (Lipinski definition) is 4. The summed E-state index contributed by atoms with van der Waals surface area (Å²) in [4.78, 5) is 26.3. The van der Waals surface area contributed by atoms with Gasteiger partial charge in [0.15, 0.2) is 5.76 Å². The summed E-state index contributed by atoms with van der Waals surface area (Å²) < 4.78 is 11.3. The molecule has 1 N–H and O–H groups in total. The van der Waals surface area contributed by atoms with Crippen LogP contribution in [-0.4, -0.2) is 25.0 Å². The van der Waals surface area contributed by atoms with E-state index in [0.717, 1.165) is 35.4 Å². The second-order valence-corrected chi connectivity index (χ2v) is 6.80. The SMILES string of the molecule is CCOc1ccc2oc(C(=O)Nc3ccc(N4CCCC4=O)cc3)c(C)c2c1. The molecule has 3 aromatic rings.